The van der Waals surface area contributed by atoms with Crippen molar-refractivity contribution in [2.24, 2.45) is 5.92 Å². The maximum Gasteiger partial charge on any atom is 0.325 e. The van der Waals surface area contributed by atoms with Crippen molar-refractivity contribution in [3.05, 3.63) is 65.7 Å². The first kappa shape index (κ1) is 18.2. The van der Waals surface area contributed by atoms with E-state index in [1.807, 2.05) is 54.6 Å². The molecular formula is C22H23N3O3. The van der Waals surface area contributed by atoms with E-state index in [1.165, 1.54) is 0 Å². The Kier molecular flexibility index (Phi) is 4.63. The number of rotatable bonds is 6. The summed E-state index contributed by atoms with van der Waals surface area (Å²) in [6, 6.07) is 17.0. The van der Waals surface area contributed by atoms with Crippen LogP contribution in [0.25, 0.3) is 0 Å². The Morgan fingerprint density at radius 3 is 2.50 bits per heavy atom. The molecule has 0 radical (unpaired) electrons. The van der Waals surface area contributed by atoms with Crippen molar-refractivity contribution < 1.29 is 14.4 Å². The van der Waals surface area contributed by atoms with Crippen molar-refractivity contribution in [2.45, 2.75) is 31.7 Å². The van der Waals surface area contributed by atoms with E-state index >= 15 is 0 Å². The van der Waals surface area contributed by atoms with E-state index in [0.717, 1.165) is 28.9 Å². The van der Waals surface area contributed by atoms with Gasteiger partial charge in [0.25, 0.3) is 5.91 Å². The van der Waals surface area contributed by atoms with Gasteiger partial charge in [-0.25, -0.2) is 4.79 Å². The molecule has 2 N–H and O–H groups in total. The fourth-order valence-corrected chi connectivity index (χ4v) is 3.74. The molecule has 0 bridgehead atoms. The number of nitrogens with zero attached hydrogens (tertiary/aromatic N) is 1. The van der Waals surface area contributed by atoms with Crippen LogP contribution in [-0.4, -0.2) is 34.8 Å². The van der Waals surface area contributed by atoms with Crippen molar-refractivity contribution >= 4 is 23.5 Å². The summed E-state index contributed by atoms with van der Waals surface area (Å²) >= 11 is 0. The maximum atomic E-state index is 12.7. The summed E-state index contributed by atoms with van der Waals surface area (Å²) in [7, 11) is 0. The number of benzene rings is 2. The third-order valence-corrected chi connectivity index (χ3v) is 5.53. The van der Waals surface area contributed by atoms with Gasteiger partial charge in [0.1, 0.15) is 12.1 Å². The summed E-state index contributed by atoms with van der Waals surface area (Å²) in [5.74, 6) is -0.527. The summed E-state index contributed by atoms with van der Waals surface area (Å²) in [5, 5.41) is 5.62. The Morgan fingerprint density at radius 2 is 1.79 bits per heavy atom. The first-order valence-corrected chi connectivity index (χ1v) is 9.53. The second kappa shape index (κ2) is 7.11. The molecule has 1 saturated heterocycles. The molecular weight excluding hydrogens is 354 g/mol. The van der Waals surface area contributed by atoms with Gasteiger partial charge >= 0.3 is 6.03 Å². The summed E-state index contributed by atoms with van der Waals surface area (Å²) in [4.78, 5) is 38.5. The summed E-state index contributed by atoms with van der Waals surface area (Å²) < 4.78 is 0. The molecule has 1 heterocycles. The fourth-order valence-electron chi connectivity index (χ4n) is 3.74. The van der Waals surface area contributed by atoms with Crippen LogP contribution >= 0.6 is 0 Å². The fraction of sp³-hybridized carbons (Fsp3) is 0.318. The minimum absolute atomic E-state index is 0.170. The van der Waals surface area contributed by atoms with Crippen molar-refractivity contribution in [3.63, 3.8) is 0 Å². The van der Waals surface area contributed by atoms with Crippen molar-refractivity contribution in [1.82, 2.24) is 10.2 Å². The monoisotopic (exact) mass is 377 g/mol. The number of imide groups is 1. The van der Waals surface area contributed by atoms with Crippen LogP contribution in [0.5, 0.6) is 0 Å². The number of para-hydroxylation sites is 1. The highest BCUT2D eigenvalue weighted by atomic mass is 16.2. The van der Waals surface area contributed by atoms with Gasteiger partial charge in [-0.05, 0) is 49.3 Å². The number of carbonyl (C=O) groups is 3. The highest BCUT2D eigenvalue weighted by Gasteiger charge is 2.56. The van der Waals surface area contributed by atoms with Gasteiger partial charge in [0.05, 0.1) is 0 Å². The van der Waals surface area contributed by atoms with Gasteiger partial charge in [0.2, 0.25) is 5.91 Å². The zero-order valence-corrected chi connectivity index (χ0v) is 15.8. The second-order valence-corrected chi connectivity index (χ2v) is 7.67. The number of amides is 4. The molecule has 2 aromatic rings. The highest BCUT2D eigenvalue weighted by molar-refractivity contribution is 6.10. The lowest BCUT2D eigenvalue weighted by Gasteiger charge is -2.21. The molecule has 1 atom stereocenters. The molecule has 4 amide bonds. The number of hydrogen-bond acceptors (Lipinski definition) is 3. The summed E-state index contributed by atoms with van der Waals surface area (Å²) in [5.41, 5.74) is 1.93. The first-order valence-electron chi connectivity index (χ1n) is 9.53. The molecule has 2 aromatic carbocycles. The first-order chi connectivity index (χ1) is 13.5. The predicted octanol–water partition coefficient (Wildman–Crippen LogP) is 2.94. The Labute approximate surface area is 163 Å². The van der Waals surface area contributed by atoms with Gasteiger partial charge in [0.15, 0.2) is 0 Å². The lowest BCUT2D eigenvalue weighted by Crippen LogP contribution is -2.46. The average Bonchev–Trinajstić information content (AvgIpc) is 3.50. The zero-order chi connectivity index (χ0) is 19.7. The number of urea groups is 1. The molecule has 0 aromatic heterocycles. The molecule has 0 spiro atoms. The third-order valence-electron chi connectivity index (χ3n) is 5.53. The van der Waals surface area contributed by atoms with Crippen LogP contribution in [0.2, 0.25) is 0 Å². The van der Waals surface area contributed by atoms with Gasteiger partial charge in [-0.1, -0.05) is 48.5 Å². The van der Waals surface area contributed by atoms with Gasteiger partial charge < -0.3 is 10.6 Å². The van der Waals surface area contributed by atoms with Gasteiger partial charge in [-0.2, -0.15) is 0 Å². The van der Waals surface area contributed by atoms with E-state index in [4.69, 9.17) is 0 Å². The Morgan fingerprint density at radius 1 is 1.11 bits per heavy atom. The largest absolute Gasteiger partial charge is 0.325 e. The highest BCUT2D eigenvalue weighted by Crippen LogP contribution is 2.42. The molecule has 1 saturated carbocycles. The zero-order valence-electron chi connectivity index (χ0n) is 15.8. The van der Waals surface area contributed by atoms with E-state index in [1.54, 1.807) is 6.92 Å². The van der Waals surface area contributed by atoms with Crippen LogP contribution in [-0.2, 0) is 16.0 Å². The molecule has 1 aliphatic heterocycles. The predicted molar refractivity (Wildman–Crippen MR) is 106 cm³/mol. The molecule has 28 heavy (non-hydrogen) atoms. The molecule has 2 fully saturated rings. The van der Waals surface area contributed by atoms with E-state index in [9.17, 15) is 14.4 Å². The minimum atomic E-state index is -0.872. The van der Waals surface area contributed by atoms with Crippen LogP contribution in [0.15, 0.2) is 54.6 Å². The number of anilines is 1. The van der Waals surface area contributed by atoms with Crippen LogP contribution in [0.3, 0.4) is 0 Å². The average molecular weight is 377 g/mol. The van der Waals surface area contributed by atoms with E-state index in [0.29, 0.717) is 12.1 Å². The van der Waals surface area contributed by atoms with Crippen LogP contribution in [0.4, 0.5) is 10.5 Å². The molecule has 6 nitrogen and oxygen atoms in total. The molecule has 2 aliphatic rings. The quantitative estimate of drug-likeness (QED) is 0.760. The number of nitrogens with one attached hydrogen (secondary N) is 2. The second-order valence-electron chi connectivity index (χ2n) is 7.67. The molecule has 6 heteroatoms. The lowest BCUT2D eigenvalue weighted by atomic mass is 9.96. The number of carbonyl (C=O) groups excluding carboxylic acids is 3. The van der Waals surface area contributed by atoms with Crippen LogP contribution in [0, 0.1) is 5.92 Å². The van der Waals surface area contributed by atoms with Gasteiger partial charge in [-0.15, -0.1) is 0 Å². The van der Waals surface area contributed by atoms with Crippen molar-refractivity contribution in [2.75, 3.05) is 11.9 Å². The van der Waals surface area contributed by atoms with Crippen molar-refractivity contribution in [3.8, 4) is 0 Å². The van der Waals surface area contributed by atoms with Crippen LogP contribution in [0.1, 0.15) is 30.9 Å². The SMILES string of the molecule is CC1(C2CC2)NC(=O)N(CC(=O)Nc2ccccc2Cc2ccccc2)C1=O. The van der Waals surface area contributed by atoms with E-state index in [2.05, 4.69) is 10.6 Å². The Balaban J connectivity index is 1.44. The molecule has 1 unspecified atom stereocenters. The van der Waals surface area contributed by atoms with Crippen molar-refractivity contribution in [1.29, 1.82) is 0 Å². The Hall–Kier alpha value is -3.15. The van der Waals surface area contributed by atoms with E-state index in [-0.39, 0.29) is 24.3 Å². The van der Waals surface area contributed by atoms with Gasteiger partial charge in [-0.3, -0.25) is 14.5 Å². The maximum absolute atomic E-state index is 12.7. The topological polar surface area (TPSA) is 78.5 Å². The lowest BCUT2D eigenvalue weighted by molar-refractivity contribution is -0.134. The number of hydrogen-bond donors (Lipinski definition) is 2. The minimum Gasteiger partial charge on any atom is -0.324 e. The summed E-state index contributed by atoms with van der Waals surface area (Å²) in [6.45, 7) is 1.46. The standard InChI is InChI=1S/C22H23N3O3/c1-22(17-11-12-17)20(27)25(21(28)24-22)14-19(26)23-18-10-6-5-9-16(18)13-15-7-3-2-4-8-15/h2-10,17H,11-14H2,1H3,(H,23,26)(H,24,28). The molecule has 144 valence electrons. The van der Waals surface area contributed by atoms with Crippen LogP contribution < -0.4 is 10.6 Å². The molecule has 1 aliphatic carbocycles. The van der Waals surface area contributed by atoms with Gasteiger partial charge in [0, 0.05) is 5.69 Å². The third kappa shape index (κ3) is 3.50. The smallest absolute Gasteiger partial charge is 0.324 e. The molecule has 4 rings (SSSR count). The normalized spacial score (nSPS) is 21.5. The van der Waals surface area contributed by atoms with E-state index < -0.39 is 11.6 Å². The summed E-state index contributed by atoms with van der Waals surface area (Å²) in [6.07, 6.45) is 2.53. The Bertz CT molecular complexity index is 924.